The Morgan fingerprint density at radius 2 is 1.74 bits per heavy atom. The molecule has 1 aliphatic heterocycles. The van der Waals surface area contributed by atoms with Crippen molar-refractivity contribution in [2.45, 2.75) is 45.8 Å². The van der Waals surface area contributed by atoms with E-state index in [9.17, 15) is 14.7 Å². The van der Waals surface area contributed by atoms with E-state index in [2.05, 4.69) is 31.8 Å². The van der Waals surface area contributed by atoms with E-state index in [4.69, 9.17) is 4.74 Å². The lowest BCUT2D eigenvalue weighted by Crippen LogP contribution is -2.29. The van der Waals surface area contributed by atoms with Crippen molar-refractivity contribution in [2.75, 3.05) is 4.90 Å². The Kier molecular flexibility index (Phi) is 7.10. The second-order valence-corrected chi connectivity index (χ2v) is 11.5. The summed E-state index contributed by atoms with van der Waals surface area (Å²) in [7, 11) is 0. The first kappa shape index (κ1) is 26.4. The van der Waals surface area contributed by atoms with Crippen LogP contribution in [0.15, 0.2) is 89.9 Å². The van der Waals surface area contributed by atoms with Gasteiger partial charge in [0, 0.05) is 17.1 Å². The zero-order valence-corrected chi connectivity index (χ0v) is 23.2. The van der Waals surface area contributed by atoms with Gasteiger partial charge in [-0.25, -0.2) is 4.98 Å². The SMILES string of the molecule is Cc1cccc(COc2ccc(C(O)=C3C(=O)C(=O)N(c4nccs4)C3c3ccc(C(C)(C)C)cc3)cc2)c1. The second kappa shape index (κ2) is 10.5. The molecule has 39 heavy (non-hydrogen) atoms. The molecular weight excluding hydrogens is 508 g/mol. The number of aliphatic hydroxyl groups is 1. The highest BCUT2D eigenvalue weighted by Crippen LogP contribution is 2.43. The number of nitrogens with zero attached hydrogens (tertiary/aromatic N) is 2. The highest BCUT2D eigenvalue weighted by molar-refractivity contribution is 7.14. The number of ketones is 1. The minimum atomic E-state index is -0.803. The molecule has 1 fully saturated rings. The summed E-state index contributed by atoms with van der Waals surface area (Å²) >= 11 is 1.27. The number of aliphatic hydroxyl groups excluding tert-OH is 1. The van der Waals surface area contributed by atoms with E-state index in [1.807, 2.05) is 49.4 Å². The Morgan fingerprint density at radius 3 is 2.36 bits per heavy atom. The second-order valence-electron chi connectivity index (χ2n) is 10.7. The Morgan fingerprint density at radius 1 is 1.03 bits per heavy atom. The maximum atomic E-state index is 13.3. The Hall–Kier alpha value is -4.23. The number of hydrogen-bond donors (Lipinski definition) is 1. The van der Waals surface area contributed by atoms with Gasteiger partial charge >= 0.3 is 5.91 Å². The number of ether oxygens (including phenoxy) is 1. The fourth-order valence-corrected chi connectivity index (χ4v) is 5.35. The van der Waals surface area contributed by atoms with Gasteiger partial charge in [0.15, 0.2) is 5.13 Å². The van der Waals surface area contributed by atoms with Gasteiger partial charge in [-0.05, 0) is 53.3 Å². The van der Waals surface area contributed by atoms with Crippen molar-refractivity contribution >= 4 is 33.9 Å². The fourth-order valence-electron chi connectivity index (χ4n) is 4.68. The van der Waals surface area contributed by atoms with Gasteiger partial charge in [-0.2, -0.15) is 0 Å². The van der Waals surface area contributed by atoms with Crippen molar-refractivity contribution in [3.05, 3.63) is 118 Å². The van der Waals surface area contributed by atoms with E-state index in [0.717, 1.165) is 22.3 Å². The van der Waals surface area contributed by atoms with Crippen molar-refractivity contribution in [1.82, 2.24) is 4.98 Å². The van der Waals surface area contributed by atoms with Crippen LogP contribution in [-0.2, 0) is 21.6 Å². The van der Waals surface area contributed by atoms with E-state index >= 15 is 0 Å². The molecule has 0 bridgehead atoms. The van der Waals surface area contributed by atoms with E-state index in [-0.39, 0.29) is 16.7 Å². The third-order valence-corrected chi connectivity index (χ3v) is 7.55. The number of Topliss-reactive ketones (excluding diaryl/α,β-unsaturated/α-hetero) is 1. The highest BCUT2D eigenvalue weighted by atomic mass is 32.1. The largest absolute Gasteiger partial charge is 0.507 e. The quantitative estimate of drug-likeness (QED) is 0.163. The lowest BCUT2D eigenvalue weighted by Gasteiger charge is -2.24. The Bertz CT molecular complexity index is 1530. The smallest absolute Gasteiger partial charge is 0.301 e. The number of carbonyl (C=O) groups is 2. The molecule has 4 aromatic rings. The van der Waals surface area contributed by atoms with Crippen LogP contribution in [0.4, 0.5) is 5.13 Å². The van der Waals surface area contributed by atoms with Gasteiger partial charge in [-0.3, -0.25) is 14.5 Å². The van der Waals surface area contributed by atoms with Crippen molar-refractivity contribution < 1.29 is 19.4 Å². The highest BCUT2D eigenvalue weighted by Gasteiger charge is 2.48. The van der Waals surface area contributed by atoms with Crippen LogP contribution in [0.3, 0.4) is 0 Å². The van der Waals surface area contributed by atoms with Crippen molar-refractivity contribution in [3.63, 3.8) is 0 Å². The number of hydrogen-bond acceptors (Lipinski definition) is 6. The molecule has 1 N–H and O–H groups in total. The number of aromatic nitrogens is 1. The van der Waals surface area contributed by atoms with Gasteiger partial charge < -0.3 is 9.84 Å². The normalized spacial score (nSPS) is 17.0. The van der Waals surface area contributed by atoms with Crippen molar-refractivity contribution in [3.8, 4) is 5.75 Å². The zero-order chi connectivity index (χ0) is 27.7. The van der Waals surface area contributed by atoms with Gasteiger partial charge in [0.05, 0.1) is 11.6 Å². The van der Waals surface area contributed by atoms with Gasteiger partial charge in [-0.1, -0.05) is 74.9 Å². The van der Waals surface area contributed by atoms with Crippen LogP contribution in [0.1, 0.15) is 54.6 Å². The Balaban J connectivity index is 1.50. The Labute approximate surface area is 232 Å². The molecule has 3 aromatic carbocycles. The zero-order valence-electron chi connectivity index (χ0n) is 22.3. The minimum Gasteiger partial charge on any atom is -0.507 e. The van der Waals surface area contributed by atoms with Crippen LogP contribution in [0.5, 0.6) is 5.75 Å². The van der Waals surface area contributed by atoms with Crippen molar-refractivity contribution in [2.24, 2.45) is 0 Å². The van der Waals surface area contributed by atoms with Crippen LogP contribution >= 0.6 is 11.3 Å². The molecule has 0 radical (unpaired) electrons. The molecule has 0 aliphatic carbocycles. The lowest BCUT2D eigenvalue weighted by molar-refractivity contribution is -0.132. The third kappa shape index (κ3) is 5.36. The van der Waals surface area contributed by atoms with Gasteiger partial charge in [-0.15, -0.1) is 11.3 Å². The average Bonchev–Trinajstić information content (AvgIpc) is 3.53. The molecule has 1 aliphatic rings. The number of thiazole rings is 1. The summed E-state index contributed by atoms with van der Waals surface area (Å²) in [5.74, 6) is -1.06. The molecule has 1 amide bonds. The molecule has 6 nitrogen and oxygen atoms in total. The first-order chi connectivity index (χ1) is 18.6. The van der Waals surface area contributed by atoms with E-state index in [1.165, 1.54) is 16.2 Å². The molecule has 1 saturated heterocycles. The molecule has 5 rings (SSSR count). The number of anilines is 1. The standard InChI is InChI=1S/C32H30N2O4S/c1-20-6-5-7-21(18-20)19-38-25-14-10-23(11-15-25)28(35)26-27(22-8-12-24(13-9-22)32(2,3)4)34(30(37)29(26)36)31-33-16-17-39-31/h5-18,27,35H,19H2,1-4H3. The summed E-state index contributed by atoms with van der Waals surface area (Å²) in [5.41, 5.74) is 4.46. The maximum Gasteiger partial charge on any atom is 0.301 e. The molecule has 0 saturated carbocycles. The molecular formula is C32H30N2O4S. The number of benzene rings is 3. The van der Waals surface area contributed by atoms with Crippen molar-refractivity contribution in [1.29, 1.82) is 0 Å². The van der Waals surface area contributed by atoms with E-state index in [1.54, 1.807) is 35.8 Å². The summed E-state index contributed by atoms with van der Waals surface area (Å²) in [6.45, 7) is 8.82. The molecule has 0 spiro atoms. The molecule has 7 heteroatoms. The van der Waals surface area contributed by atoms with E-state index < -0.39 is 17.7 Å². The number of aryl methyl sites for hydroxylation is 1. The lowest BCUT2D eigenvalue weighted by atomic mass is 9.85. The van der Waals surface area contributed by atoms with Crippen LogP contribution in [-0.4, -0.2) is 21.8 Å². The summed E-state index contributed by atoms with van der Waals surface area (Å²) in [5, 5.41) is 13.5. The van der Waals surface area contributed by atoms with Crippen LogP contribution in [0.25, 0.3) is 5.76 Å². The number of rotatable bonds is 6. The van der Waals surface area contributed by atoms with Crippen LogP contribution in [0.2, 0.25) is 0 Å². The number of amides is 1. The summed E-state index contributed by atoms with van der Waals surface area (Å²) in [6, 6.07) is 22.0. The van der Waals surface area contributed by atoms with Crippen LogP contribution in [0, 0.1) is 6.92 Å². The predicted octanol–water partition coefficient (Wildman–Crippen LogP) is 6.95. The average molecular weight is 539 g/mol. The summed E-state index contributed by atoms with van der Waals surface area (Å²) < 4.78 is 5.91. The molecule has 1 aromatic heterocycles. The van der Waals surface area contributed by atoms with Gasteiger partial charge in [0.25, 0.3) is 5.78 Å². The third-order valence-electron chi connectivity index (χ3n) is 6.78. The van der Waals surface area contributed by atoms with Gasteiger partial charge in [0.2, 0.25) is 0 Å². The minimum absolute atomic E-state index is 0.0344. The molecule has 1 atom stereocenters. The van der Waals surface area contributed by atoms with Crippen LogP contribution < -0.4 is 9.64 Å². The summed E-state index contributed by atoms with van der Waals surface area (Å²) in [6.07, 6.45) is 1.59. The number of carbonyl (C=O) groups excluding carboxylic acids is 2. The monoisotopic (exact) mass is 538 g/mol. The first-order valence-corrected chi connectivity index (χ1v) is 13.6. The summed E-state index contributed by atoms with van der Waals surface area (Å²) in [4.78, 5) is 32.2. The fraction of sp³-hybridized carbons (Fsp3) is 0.219. The molecule has 1 unspecified atom stereocenters. The molecule has 2 heterocycles. The van der Waals surface area contributed by atoms with E-state index in [0.29, 0.717) is 23.1 Å². The maximum absolute atomic E-state index is 13.3. The topological polar surface area (TPSA) is 79.7 Å². The first-order valence-electron chi connectivity index (χ1n) is 12.7. The van der Waals surface area contributed by atoms with Gasteiger partial charge in [0.1, 0.15) is 18.1 Å². The molecule has 198 valence electrons. The predicted molar refractivity (Wildman–Crippen MR) is 154 cm³/mol.